The fourth-order valence-corrected chi connectivity index (χ4v) is 2.55. The van der Waals surface area contributed by atoms with Crippen molar-refractivity contribution in [2.45, 2.75) is 38.7 Å². The van der Waals surface area contributed by atoms with E-state index in [1.807, 2.05) is 6.92 Å². The van der Waals surface area contributed by atoms with Crippen molar-refractivity contribution in [2.75, 3.05) is 6.61 Å². The number of halogens is 2. The molecule has 1 aromatic rings. The van der Waals surface area contributed by atoms with Gasteiger partial charge in [-0.3, -0.25) is 4.79 Å². The van der Waals surface area contributed by atoms with Crippen molar-refractivity contribution in [3.8, 4) is 0 Å². The first-order valence-corrected chi connectivity index (χ1v) is 6.65. The lowest BCUT2D eigenvalue weighted by atomic mass is 9.78. The second-order valence-electron chi connectivity index (χ2n) is 5.11. The average molecular weight is 268 g/mol. The maximum Gasteiger partial charge on any atom is 0.137 e. The Bertz CT molecular complexity index is 433. The number of ketones is 1. The van der Waals surface area contributed by atoms with Crippen LogP contribution in [0.15, 0.2) is 18.2 Å². The summed E-state index contributed by atoms with van der Waals surface area (Å²) in [6.45, 7) is 2.66. The van der Waals surface area contributed by atoms with Crippen LogP contribution in [0.1, 0.15) is 31.7 Å². The molecule has 1 fully saturated rings. The highest BCUT2D eigenvalue weighted by Crippen LogP contribution is 2.33. The summed E-state index contributed by atoms with van der Waals surface area (Å²) in [5.74, 6) is -0.877. The van der Waals surface area contributed by atoms with E-state index in [9.17, 15) is 13.6 Å². The molecule has 104 valence electrons. The maximum absolute atomic E-state index is 13.0. The molecule has 0 heterocycles. The molecule has 2 rings (SSSR count). The third kappa shape index (κ3) is 4.10. The Hall–Kier alpha value is -1.29. The fourth-order valence-electron chi connectivity index (χ4n) is 2.55. The summed E-state index contributed by atoms with van der Waals surface area (Å²) >= 11 is 0. The number of benzene rings is 1. The molecule has 0 atom stereocenters. The van der Waals surface area contributed by atoms with Crippen molar-refractivity contribution in [1.82, 2.24) is 0 Å². The highest BCUT2D eigenvalue weighted by Gasteiger charge is 2.30. The van der Waals surface area contributed by atoms with Crippen LogP contribution in [0.4, 0.5) is 8.78 Å². The predicted octanol–water partition coefficient (Wildman–Crippen LogP) is 3.28. The molecule has 1 aliphatic carbocycles. The van der Waals surface area contributed by atoms with Crippen LogP contribution in [0.2, 0.25) is 0 Å². The maximum atomic E-state index is 13.0. The van der Waals surface area contributed by atoms with Gasteiger partial charge in [0.25, 0.3) is 0 Å². The van der Waals surface area contributed by atoms with Crippen LogP contribution in [-0.2, 0) is 16.0 Å². The van der Waals surface area contributed by atoms with E-state index in [1.54, 1.807) is 0 Å². The molecule has 1 aromatic carbocycles. The first-order valence-electron chi connectivity index (χ1n) is 6.65. The Kier molecular flexibility index (Phi) is 4.64. The summed E-state index contributed by atoms with van der Waals surface area (Å²) in [5, 5.41) is 0. The Morgan fingerprint density at radius 1 is 1.26 bits per heavy atom. The quantitative estimate of drug-likeness (QED) is 0.791. The van der Waals surface area contributed by atoms with Gasteiger partial charge in [0.05, 0.1) is 6.10 Å². The SMILES string of the molecule is CCOC1CC(CC(=O)Cc2cc(F)cc(F)c2)C1. The first kappa shape index (κ1) is 14.1. The second-order valence-corrected chi connectivity index (χ2v) is 5.11. The molecule has 2 nitrogen and oxygen atoms in total. The Morgan fingerprint density at radius 2 is 1.89 bits per heavy atom. The summed E-state index contributed by atoms with van der Waals surface area (Å²) < 4.78 is 31.4. The van der Waals surface area contributed by atoms with E-state index in [0.717, 1.165) is 18.9 Å². The van der Waals surface area contributed by atoms with Gasteiger partial charge >= 0.3 is 0 Å². The van der Waals surface area contributed by atoms with E-state index >= 15 is 0 Å². The van der Waals surface area contributed by atoms with Crippen LogP contribution < -0.4 is 0 Å². The zero-order valence-electron chi connectivity index (χ0n) is 11.0. The molecule has 0 aliphatic heterocycles. The van der Waals surface area contributed by atoms with Crippen molar-refractivity contribution >= 4 is 5.78 Å². The van der Waals surface area contributed by atoms with Crippen LogP contribution in [-0.4, -0.2) is 18.5 Å². The number of carbonyl (C=O) groups excluding carboxylic acids is 1. The zero-order chi connectivity index (χ0) is 13.8. The molecule has 0 N–H and O–H groups in total. The second kappa shape index (κ2) is 6.24. The highest BCUT2D eigenvalue weighted by atomic mass is 19.1. The Balaban J connectivity index is 1.79. The molecule has 0 unspecified atom stereocenters. The molecule has 0 radical (unpaired) electrons. The van der Waals surface area contributed by atoms with Crippen LogP contribution in [0.25, 0.3) is 0 Å². The standard InChI is InChI=1S/C15H18F2O2/c1-2-19-15-7-11(8-15)6-14(18)5-10-3-12(16)9-13(17)4-10/h3-4,9,11,15H,2,5-8H2,1H3. The minimum absolute atomic E-state index is 0.0324. The molecule has 0 saturated heterocycles. The third-order valence-electron chi connectivity index (χ3n) is 3.43. The van der Waals surface area contributed by atoms with Crippen molar-refractivity contribution < 1.29 is 18.3 Å². The van der Waals surface area contributed by atoms with Crippen LogP contribution in [0.5, 0.6) is 0 Å². The molecule has 0 amide bonds. The molecule has 4 heteroatoms. The Morgan fingerprint density at radius 3 is 2.47 bits per heavy atom. The average Bonchev–Trinajstić information content (AvgIpc) is 2.24. The van der Waals surface area contributed by atoms with E-state index < -0.39 is 11.6 Å². The van der Waals surface area contributed by atoms with Gasteiger partial charge in [-0.2, -0.15) is 0 Å². The minimum atomic E-state index is -0.636. The zero-order valence-corrected chi connectivity index (χ0v) is 11.0. The van der Waals surface area contributed by atoms with E-state index in [0.29, 0.717) is 24.5 Å². The van der Waals surface area contributed by atoms with Gasteiger partial charge < -0.3 is 4.74 Å². The van der Waals surface area contributed by atoms with Gasteiger partial charge in [-0.25, -0.2) is 8.78 Å². The monoisotopic (exact) mass is 268 g/mol. The lowest BCUT2D eigenvalue weighted by molar-refractivity contribution is -0.121. The minimum Gasteiger partial charge on any atom is -0.378 e. The number of carbonyl (C=O) groups is 1. The first-order chi connectivity index (χ1) is 9.06. The normalized spacial score (nSPS) is 22.1. The highest BCUT2D eigenvalue weighted by molar-refractivity contribution is 5.81. The largest absolute Gasteiger partial charge is 0.378 e. The summed E-state index contributed by atoms with van der Waals surface area (Å²) in [6, 6.07) is 3.24. The lowest BCUT2D eigenvalue weighted by Crippen LogP contribution is -2.33. The van der Waals surface area contributed by atoms with Gasteiger partial charge in [-0.15, -0.1) is 0 Å². The lowest BCUT2D eigenvalue weighted by Gasteiger charge is -2.34. The summed E-state index contributed by atoms with van der Waals surface area (Å²) in [5.41, 5.74) is 0.406. The predicted molar refractivity (Wildman–Crippen MR) is 67.8 cm³/mol. The van der Waals surface area contributed by atoms with Gasteiger partial charge in [0.15, 0.2) is 0 Å². The molecular weight excluding hydrogens is 250 g/mol. The number of rotatable bonds is 6. The van der Waals surface area contributed by atoms with Gasteiger partial charge in [-0.05, 0) is 43.4 Å². The van der Waals surface area contributed by atoms with Crippen molar-refractivity contribution in [3.05, 3.63) is 35.4 Å². The van der Waals surface area contributed by atoms with E-state index in [2.05, 4.69) is 0 Å². The van der Waals surface area contributed by atoms with Crippen molar-refractivity contribution in [2.24, 2.45) is 5.92 Å². The van der Waals surface area contributed by atoms with Crippen LogP contribution in [0, 0.1) is 17.6 Å². The van der Waals surface area contributed by atoms with Gasteiger partial charge in [0.2, 0.25) is 0 Å². The van der Waals surface area contributed by atoms with Crippen molar-refractivity contribution in [3.63, 3.8) is 0 Å². The molecule has 1 aliphatic rings. The van der Waals surface area contributed by atoms with Crippen LogP contribution in [0.3, 0.4) is 0 Å². The van der Waals surface area contributed by atoms with Gasteiger partial charge in [0.1, 0.15) is 17.4 Å². The summed E-state index contributed by atoms with van der Waals surface area (Å²) in [6.07, 6.45) is 2.69. The molecular formula is C15H18F2O2. The number of hydrogen-bond acceptors (Lipinski definition) is 2. The number of Topliss-reactive ketones (excluding diaryl/α,β-unsaturated/α-hetero) is 1. The topological polar surface area (TPSA) is 26.3 Å². The number of ether oxygens (including phenoxy) is 1. The smallest absolute Gasteiger partial charge is 0.137 e. The molecule has 0 bridgehead atoms. The summed E-state index contributed by atoms with van der Waals surface area (Å²) in [7, 11) is 0. The fraction of sp³-hybridized carbons (Fsp3) is 0.533. The van der Waals surface area contributed by atoms with E-state index in [1.165, 1.54) is 12.1 Å². The molecule has 19 heavy (non-hydrogen) atoms. The van der Waals surface area contributed by atoms with E-state index in [-0.39, 0.29) is 18.3 Å². The molecule has 0 aromatic heterocycles. The van der Waals surface area contributed by atoms with Crippen LogP contribution >= 0.6 is 0 Å². The van der Waals surface area contributed by atoms with Crippen molar-refractivity contribution in [1.29, 1.82) is 0 Å². The number of hydrogen-bond donors (Lipinski definition) is 0. The Labute approximate surface area is 111 Å². The van der Waals surface area contributed by atoms with Gasteiger partial charge in [0, 0.05) is 25.5 Å². The third-order valence-corrected chi connectivity index (χ3v) is 3.43. The summed E-state index contributed by atoms with van der Waals surface area (Å²) in [4.78, 5) is 11.8. The van der Waals surface area contributed by atoms with E-state index in [4.69, 9.17) is 4.74 Å². The van der Waals surface area contributed by atoms with Gasteiger partial charge in [-0.1, -0.05) is 0 Å². The molecule has 1 saturated carbocycles. The molecule has 0 spiro atoms.